The van der Waals surface area contributed by atoms with Crippen LogP contribution in [0.5, 0.6) is 0 Å². The fourth-order valence-electron chi connectivity index (χ4n) is 3.59. The van der Waals surface area contributed by atoms with Crippen LogP contribution in [0.2, 0.25) is 0 Å². The summed E-state index contributed by atoms with van der Waals surface area (Å²) >= 11 is 0. The molecule has 2 rings (SSSR count). The molecule has 0 aromatic heterocycles. The van der Waals surface area contributed by atoms with E-state index in [1.807, 2.05) is 34.7 Å². The third kappa shape index (κ3) is 6.71. The van der Waals surface area contributed by atoms with Crippen molar-refractivity contribution in [1.82, 2.24) is 5.32 Å². The Kier molecular flexibility index (Phi) is 7.97. The molecule has 0 saturated heterocycles. The first-order valence-corrected chi connectivity index (χ1v) is 10.3. The van der Waals surface area contributed by atoms with Gasteiger partial charge in [0.2, 0.25) is 0 Å². The number of aryl methyl sites for hydroxylation is 4. The lowest BCUT2D eigenvalue weighted by atomic mass is 10.0. The maximum atomic E-state index is 12.4. The number of hydrogen-bond acceptors (Lipinski definition) is 2. The number of nitrogens with one attached hydrogen (secondary N) is 3. The number of amides is 2. The summed E-state index contributed by atoms with van der Waals surface area (Å²) in [6, 6.07) is 12.3. The van der Waals surface area contributed by atoms with Gasteiger partial charge in [-0.25, -0.2) is 0 Å². The van der Waals surface area contributed by atoms with Crippen molar-refractivity contribution in [2.75, 3.05) is 25.5 Å². The predicted octanol–water partition coefficient (Wildman–Crippen LogP) is 2.50. The van der Waals surface area contributed by atoms with E-state index in [1.165, 1.54) is 11.1 Å². The van der Waals surface area contributed by atoms with Gasteiger partial charge in [-0.05, 0) is 56.4 Å². The van der Waals surface area contributed by atoms with Crippen molar-refractivity contribution in [2.45, 2.75) is 47.1 Å². The van der Waals surface area contributed by atoms with Crippen molar-refractivity contribution < 1.29 is 14.5 Å². The van der Waals surface area contributed by atoms with Gasteiger partial charge < -0.3 is 15.5 Å². The molecule has 2 atom stereocenters. The maximum absolute atomic E-state index is 12.4. The monoisotopic (exact) mass is 396 g/mol. The SMILES string of the molecule is CCc1ccc([C@@H](C)NC(=O)C[NH+](C)CC(=O)Nc2c(C)cc(C)cc2C)cc1. The van der Waals surface area contributed by atoms with Crippen molar-refractivity contribution >= 4 is 17.5 Å². The van der Waals surface area contributed by atoms with Crippen LogP contribution >= 0.6 is 0 Å². The molecule has 0 aliphatic heterocycles. The van der Waals surface area contributed by atoms with Crippen LogP contribution < -0.4 is 15.5 Å². The van der Waals surface area contributed by atoms with Gasteiger partial charge in [-0.15, -0.1) is 0 Å². The van der Waals surface area contributed by atoms with Crippen molar-refractivity contribution in [3.63, 3.8) is 0 Å². The molecule has 2 aromatic rings. The largest absolute Gasteiger partial charge is 0.345 e. The second-order valence-electron chi connectivity index (χ2n) is 8.02. The third-order valence-corrected chi connectivity index (χ3v) is 5.13. The quantitative estimate of drug-likeness (QED) is 0.642. The molecule has 0 heterocycles. The van der Waals surface area contributed by atoms with Crippen molar-refractivity contribution in [3.8, 4) is 0 Å². The number of anilines is 1. The molecular weight excluding hydrogens is 362 g/mol. The Morgan fingerprint density at radius 1 is 0.966 bits per heavy atom. The highest BCUT2D eigenvalue weighted by atomic mass is 16.2. The molecule has 5 heteroatoms. The minimum absolute atomic E-state index is 0.0621. The van der Waals surface area contributed by atoms with Crippen LogP contribution in [0.1, 0.15) is 47.7 Å². The Morgan fingerprint density at radius 3 is 2.07 bits per heavy atom. The molecule has 2 aromatic carbocycles. The van der Waals surface area contributed by atoms with E-state index in [-0.39, 0.29) is 30.9 Å². The first kappa shape index (κ1) is 22.6. The predicted molar refractivity (Wildman–Crippen MR) is 118 cm³/mol. The van der Waals surface area contributed by atoms with E-state index < -0.39 is 0 Å². The Labute approximate surface area is 174 Å². The van der Waals surface area contributed by atoms with E-state index in [0.717, 1.165) is 33.7 Å². The lowest BCUT2D eigenvalue weighted by Gasteiger charge is -2.18. The molecule has 156 valence electrons. The Hall–Kier alpha value is -2.66. The average molecular weight is 397 g/mol. The molecule has 0 aliphatic carbocycles. The van der Waals surface area contributed by atoms with E-state index in [2.05, 4.69) is 54.0 Å². The van der Waals surface area contributed by atoms with Crippen LogP contribution in [0.15, 0.2) is 36.4 Å². The summed E-state index contributed by atoms with van der Waals surface area (Å²) in [5, 5.41) is 6.02. The van der Waals surface area contributed by atoms with Gasteiger partial charge in [0.15, 0.2) is 13.1 Å². The van der Waals surface area contributed by atoms with Gasteiger partial charge in [0.05, 0.1) is 13.1 Å². The highest BCUT2D eigenvalue weighted by Crippen LogP contribution is 2.21. The topological polar surface area (TPSA) is 62.6 Å². The number of quaternary nitrogens is 1. The van der Waals surface area contributed by atoms with Gasteiger partial charge in [0, 0.05) is 5.69 Å². The van der Waals surface area contributed by atoms with Gasteiger partial charge in [-0.3, -0.25) is 9.59 Å². The van der Waals surface area contributed by atoms with E-state index >= 15 is 0 Å². The molecular formula is C24H34N3O2+. The van der Waals surface area contributed by atoms with Crippen LogP contribution in [0.25, 0.3) is 0 Å². The number of carbonyl (C=O) groups excluding carboxylic acids is 2. The molecule has 1 unspecified atom stereocenters. The Morgan fingerprint density at radius 2 is 1.52 bits per heavy atom. The fraction of sp³-hybridized carbons (Fsp3) is 0.417. The highest BCUT2D eigenvalue weighted by Gasteiger charge is 2.17. The molecule has 29 heavy (non-hydrogen) atoms. The standard InChI is InChI=1S/C24H33N3O2/c1-7-20-8-10-21(11-9-20)19(5)25-22(28)14-27(6)15-23(29)26-24-17(3)12-16(2)13-18(24)4/h8-13,19H,7,14-15H2,1-6H3,(H,25,28)(H,26,29)/p+1/t19-/m1/s1. The second kappa shape index (κ2) is 10.2. The van der Waals surface area contributed by atoms with Gasteiger partial charge in [-0.2, -0.15) is 0 Å². The molecule has 0 spiro atoms. The summed E-state index contributed by atoms with van der Waals surface area (Å²) in [7, 11) is 1.86. The van der Waals surface area contributed by atoms with Crippen molar-refractivity contribution in [1.29, 1.82) is 0 Å². The molecule has 2 amide bonds. The zero-order chi connectivity index (χ0) is 21.6. The number of likely N-dealkylation sites (N-methyl/N-ethyl adjacent to an activating group) is 1. The average Bonchev–Trinajstić information content (AvgIpc) is 2.64. The van der Waals surface area contributed by atoms with Gasteiger partial charge in [-0.1, -0.05) is 48.9 Å². The third-order valence-electron chi connectivity index (χ3n) is 5.13. The lowest BCUT2D eigenvalue weighted by Crippen LogP contribution is -3.11. The molecule has 0 fully saturated rings. The summed E-state index contributed by atoms with van der Waals surface area (Å²) in [5.41, 5.74) is 6.50. The zero-order valence-corrected chi connectivity index (χ0v) is 18.5. The summed E-state index contributed by atoms with van der Waals surface area (Å²) in [5.74, 6) is -0.154. The van der Waals surface area contributed by atoms with Gasteiger partial charge in [0.1, 0.15) is 0 Å². The maximum Gasteiger partial charge on any atom is 0.279 e. The van der Waals surface area contributed by atoms with Crippen LogP contribution in [0.3, 0.4) is 0 Å². The number of rotatable bonds is 8. The van der Waals surface area contributed by atoms with Crippen molar-refractivity contribution in [2.24, 2.45) is 0 Å². The molecule has 5 nitrogen and oxygen atoms in total. The smallest absolute Gasteiger partial charge is 0.279 e. The lowest BCUT2D eigenvalue weighted by molar-refractivity contribution is -0.862. The van der Waals surface area contributed by atoms with E-state index in [4.69, 9.17) is 0 Å². The van der Waals surface area contributed by atoms with Crippen molar-refractivity contribution in [3.05, 3.63) is 64.2 Å². The fourth-order valence-corrected chi connectivity index (χ4v) is 3.59. The highest BCUT2D eigenvalue weighted by molar-refractivity contribution is 5.93. The summed E-state index contributed by atoms with van der Waals surface area (Å²) < 4.78 is 0. The number of hydrogen-bond donors (Lipinski definition) is 3. The van der Waals surface area contributed by atoms with Crippen LogP contribution in [0, 0.1) is 20.8 Å². The first-order valence-electron chi connectivity index (χ1n) is 10.3. The molecule has 0 radical (unpaired) electrons. The first-order chi connectivity index (χ1) is 13.7. The molecule has 0 saturated carbocycles. The van der Waals surface area contributed by atoms with E-state index in [0.29, 0.717) is 0 Å². The van der Waals surface area contributed by atoms with Gasteiger partial charge in [0.25, 0.3) is 11.8 Å². The Bertz CT molecular complexity index is 836. The van der Waals surface area contributed by atoms with Gasteiger partial charge >= 0.3 is 0 Å². The normalized spacial score (nSPS) is 12.9. The van der Waals surface area contributed by atoms with Crippen LogP contribution in [-0.4, -0.2) is 32.0 Å². The molecule has 0 aliphatic rings. The molecule has 3 N–H and O–H groups in total. The number of benzene rings is 2. The van der Waals surface area contributed by atoms with Crippen LogP contribution in [0.4, 0.5) is 5.69 Å². The minimum Gasteiger partial charge on any atom is -0.345 e. The van der Waals surface area contributed by atoms with Crippen LogP contribution in [-0.2, 0) is 16.0 Å². The van der Waals surface area contributed by atoms with E-state index in [1.54, 1.807) is 0 Å². The summed E-state index contributed by atoms with van der Waals surface area (Å²) in [6.45, 7) is 10.6. The zero-order valence-electron chi connectivity index (χ0n) is 18.5. The van der Waals surface area contributed by atoms with E-state index in [9.17, 15) is 9.59 Å². The Balaban J connectivity index is 1.85. The summed E-state index contributed by atoms with van der Waals surface area (Å²) in [4.78, 5) is 25.7. The molecule has 0 bridgehead atoms. The second-order valence-corrected chi connectivity index (χ2v) is 8.02. The minimum atomic E-state index is -0.0893. The summed E-state index contributed by atoms with van der Waals surface area (Å²) in [6.07, 6.45) is 0.999. The number of carbonyl (C=O) groups is 2.